The van der Waals surface area contributed by atoms with E-state index >= 15 is 0 Å². The predicted molar refractivity (Wildman–Crippen MR) is 82.5 cm³/mol. The van der Waals surface area contributed by atoms with Crippen LogP contribution in [0.15, 0.2) is 22.9 Å². The van der Waals surface area contributed by atoms with Crippen molar-refractivity contribution in [3.05, 3.63) is 28.5 Å². The third-order valence-corrected chi connectivity index (χ3v) is 2.99. The van der Waals surface area contributed by atoms with Crippen LogP contribution in [0.3, 0.4) is 0 Å². The zero-order valence-corrected chi connectivity index (χ0v) is 13.8. The zero-order chi connectivity index (χ0) is 18.7. The van der Waals surface area contributed by atoms with E-state index in [1.165, 1.54) is 18.4 Å². The van der Waals surface area contributed by atoms with Gasteiger partial charge in [0.25, 0.3) is 0 Å². The van der Waals surface area contributed by atoms with Crippen molar-refractivity contribution in [3.8, 4) is 0 Å². The Morgan fingerprint density at radius 3 is 1.83 bits per heavy atom. The van der Waals surface area contributed by atoms with Crippen LogP contribution in [0.1, 0.15) is 24.4 Å². The van der Waals surface area contributed by atoms with E-state index in [9.17, 15) is 0 Å². The number of carboxylic acids is 4. The van der Waals surface area contributed by atoms with Gasteiger partial charge in [-0.1, -0.05) is 0 Å². The van der Waals surface area contributed by atoms with Crippen LogP contribution in [-0.2, 0) is 19.2 Å². The number of hydrogen-bond donors (Lipinski definition) is 5. The van der Waals surface area contributed by atoms with Crippen LogP contribution < -0.4 is 5.32 Å². The number of nitrogens with zero attached hydrogens (tertiary/aromatic N) is 1. The summed E-state index contributed by atoms with van der Waals surface area (Å²) >= 11 is 3.42. The first-order chi connectivity index (χ1) is 11.1. The van der Waals surface area contributed by atoms with Crippen LogP contribution >= 0.6 is 15.9 Å². The van der Waals surface area contributed by atoms with E-state index in [0.717, 1.165) is 11.0 Å². The molecule has 0 aromatic carbocycles. The first kappa shape index (κ1) is 21.5. The number of pyridine rings is 1. The fraction of sp³-hybridized carbons (Fsp3) is 0.308. The molecule has 5 N–H and O–H groups in total. The Balaban J connectivity index is 0.000000377. The van der Waals surface area contributed by atoms with Gasteiger partial charge in [0.2, 0.25) is 0 Å². The van der Waals surface area contributed by atoms with Crippen molar-refractivity contribution in [2.45, 2.75) is 18.9 Å². The lowest BCUT2D eigenvalue weighted by atomic mass is 10.1. The Kier molecular flexibility index (Phi) is 9.91. The Labute approximate surface area is 144 Å². The number of aliphatic carboxylic acids is 4. The van der Waals surface area contributed by atoms with Gasteiger partial charge in [-0.15, -0.1) is 0 Å². The molecule has 11 heteroatoms. The van der Waals surface area contributed by atoms with Crippen molar-refractivity contribution >= 4 is 39.8 Å². The Morgan fingerprint density at radius 1 is 1.00 bits per heavy atom. The Hall–Kier alpha value is -2.53. The molecule has 0 saturated carbocycles. The number of nitrogens with one attached hydrogen (secondary N) is 1. The molecule has 132 valence electrons. The van der Waals surface area contributed by atoms with E-state index < -0.39 is 23.9 Å². The van der Waals surface area contributed by atoms with E-state index in [1.54, 1.807) is 0 Å². The molecule has 10 nitrogen and oxygen atoms in total. The fourth-order valence-corrected chi connectivity index (χ4v) is 1.97. The van der Waals surface area contributed by atoms with Gasteiger partial charge in [0.15, 0.2) is 0 Å². The molecule has 0 spiro atoms. The van der Waals surface area contributed by atoms with Crippen LogP contribution in [0.2, 0.25) is 0 Å². The number of halogens is 1. The lowest BCUT2D eigenvalue weighted by Crippen LogP contribution is -2.12. The summed E-state index contributed by atoms with van der Waals surface area (Å²) in [5, 5.41) is 33.0. The summed E-state index contributed by atoms with van der Waals surface area (Å²) < 4.78 is 1.06. The van der Waals surface area contributed by atoms with Gasteiger partial charge in [0, 0.05) is 22.9 Å². The van der Waals surface area contributed by atoms with Crippen LogP contribution in [0.5, 0.6) is 0 Å². The van der Waals surface area contributed by atoms with Crippen LogP contribution in [0.4, 0.5) is 0 Å². The second kappa shape index (κ2) is 11.1. The summed E-state index contributed by atoms with van der Waals surface area (Å²) in [4.78, 5) is 40.5. The molecule has 1 aromatic heterocycles. The minimum atomic E-state index is -1.82. The van der Waals surface area contributed by atoms with Crippen LogP contribution in [0, 0.1) is 0 Å². The van der Waals surface area contributed by atoms with Gasteiger partial charge in [-0.05, 0) is 46.9 Å². The summed E-state index contributed by atoms with van der Waals surface area (Å²) in [6.45, 7) is 1.14. The van der Waals surface area contributed by atoms with Crippen molar-refractivity contribution in [1.82, 2.24) is 10.3 Å². The topological polar surface area (TPSA) is 174 Å². The maximum absolute atomic E-state index is 9.10. The molecule has 0 bridgehead atoms. The molecule has 1 aliphatic heterocycles. The summed E-state index contributed by atoms with van der Waals surface area (Å²) in [5.74, 6) is -7.30. The number of aromatic nitrogens is 1. The smallest absolute Gasteiger partial charge is 0.414 e. The van der Waals surface area contributed by atoms with Gasteiger partial charge in [-0.25, -0.2) is 19.2 Å². The monoisotopic (exact) mass is 406 g/mol. The Bertz CT molecular complexity index is 553. The van der Waals surface area contributed by atoms with Crippen molar-refractivity contribution in [1.29, 1.82) is 0 Å². The predicted octanol–water partition coefficient (Wildman–Crippen LogP) is 0.580. The Morgan fingerprint density at radius 2 is 1.50 bits per heavy atom. The standard InChI is InChI=1S/C9H11BrN2.2C2H2O4/c10-8-4-7(5-11-6-8)9-2-1-3-12-9;2*3-1(4)2(5)6/h4-6,9,12H,1-3H2;2*(H,3,4)(H,5,6). The normalized spacial score (nSPS) is 15.1. The van der Waals surface area contributed by atoms with E-state index in [-0.39, 0.29) is 0 Å². The molecule has 24 heavy (non-hydrogen) atoms. The molecule has 1 saturated heterocycles. The molecule has 2 heterocycles. The number of carbonyl (C=O) groups is 4. The lowest BCUT2D eigenvalue weighted by molar-refractivity contribution is -0.159. The third kappa shape index (κ3) is 9.48. The summed E-state index contributed by atoms with van der Waals surface area (Å²) in [6.07, 6.45) is 6.27. The van der Waals surface area contributed by atoms with Gasteiger partial charge in [-0.3, -0.25) is 4.98 Å². The van der Waals surface area contributed by atoms with Crippen molar-refractivity contribution in [2.75, 3.05) is 6.54 Å². The van der Waals surface area contributed by atoms with Gasteiger partial charge < -0.3 is 25.7 Å². The first-order valence-corrected chi connectivity index (χ1v) is 7.20. The second-order valence-electron chi connectivity index (χ2n) is 4.31. The molecule has 1 unspecified atom stereocenters. The molecule has 2 rings (SSSR count). The first-order valence-electron chi connectivity index (χ1n) is 6.41. The molecule has 1 atom stereocenters. The average Bonchev–Trinajstić information content (AvgIpc) is 3.02. The summed E-state index contributed by atoms with van der Waals surface area (Å²) in [7, 11) is 0. The molecule has 0 amide bonds. The summed E-state index contributed by atoms with van der Waals surface area (Å²) in [5.41, 5.74) is 1.29. The molecule has 0 aliphatic carbocycles. The van der Waals surface area contributed by atoms with Gasteiger partial charge in [0.05, 0.1) is 0 Å². The molecule has 1 aromatic rings. The van der Waals surface area contributed by atoms with E-state index in [4.69, 9.17) is 39.6 Å². The van der Waals surface area contributed by atoms with Gasteiger partial charge >= 0.3 is 23.9 Å². The number of hydrogen-bond acceptors (Lipinski definition) is 6. The number of carboxylic acid groups (broad SMARTS) is 4. The summed E-state index contributed by atoms with van der Waals surface area (Å²) in [6, 6.07) is 2.66. The van der Waals surface area contributed by atoms with Crippen LogP contribution in [0.25, 0.3) is 0 Å². The van der Waals surface area contributed by atoms with Crippen LogP contribution in [-0.4, -0.2) is 55.8 Å². The van der Waals surface area contributed by atoms with Gasteiger partial charge in [-0.2, -0.15) is 0 Å². The molecular weight excluding hydrogens is 392 g/mol. The molecular formula is C13H15BrN2O8. The number of rotatable bonds is 1. The molecule has 1 aliphatic rings. The fourth-order valence-electron chi connectivity index (χ4n) is 1.59. The van der Waals surface area contributed by atoms with Crippen molar-refractivity contribution in [3.63, 3.8) is 0 Å². The third-order valence-electron chi connectivity index (χ3n) is 2.55. The maximum Gasteiger partial charge on any atom is 0.414 e. The maximum atomic E-state index is 9.10. The van der Waals surface area contributed by atoms with Crippen molar-refractivity contribution in [2.24, 2.45) is 0 Å². The minimum absolute atomic E-state index is 0.523. The zero-order valence-electron chi connectivity index (χ0n) is 12.2. The SMILES string of the molecule is Brc1cncc(C2CCCN2)c1.O=C(O)C(=O)O.O=C(O)C(=O)O. The quantitative estimate of drug-likeness (QED) is 0.414. The highest BCUT2D eigenvalue weighted by molar-refractivity contribution is 9.10. The van der Waals surface area contributed by atoms with Crippen molar-refractivity contribution < 1.29 is 39.6 Å². The van der Waals surface area contributed by atoms with E-state index in [2.05, 4.69) is 32.3 Å². The second-order valence-corrected chi connectivity index (χ2v) is 5.22. The minimum Gasteiger partial charge on any atom is -0.473 e. The molecule has 1 fully saturated rings. The molecule has 0 radical (unpaired) electrons. The van der Waals surface area contributed by atoms with E-state index in [1.807, 2.05) is 12.4 Å². The largest absolute Gasteiger partial charge is 0.473 e. The van der Waals surface area contributed by atoms with Gasteiger partial charge in [0.1, 0.15) is 0 Å². The highest BCUT2D eigenvalue weighted by Crippen LogP contribution is 2.23. The van der Waals surface area contributed by atoms with E-state index in [0.29, 0.717) is 6.04 Å². The highest BCUT2D eigenvalue weighted by Gasteiger charge is 2.15. The lowest BCUT2D eigenvalue weighted by Gasteiger charge is -2.09. The average molecular weight is 407 g/mol. The highest BCUT2D eigenvalue weighted by atomic mass is 79.9.